The summed E-state index contributed by atoms with van der Waals surface area (Å²) < 4.78 is 0. The summed E-state index contributed by atoms with van der Waals surface area (Å²) in [5.41, 5.74) is 10.1. The van der Waals surface area contributed by atoms with E-state index in [2.05, 4.69) is 10.3 Å². The molecule has 25 heavy (non-hydrogen) atoms. The highest BCUT2D eigenvalue weighted by molar-refractivity contribution is 5.94. The van der Waals surface area contributed by atoms with Gasteiger partial charge in [0.1, 0.15) is 0 Å². The Morgan fingerprint density at radius 2 is 1.56 bits per heavy atom. The minimum atomic E-state index is -0.528. The first kappa shape index (κ1) is 16.9. The Hall–Kier alpha value is -2.98. The van der Waals surface area contributed by atoms with Crippen LogP contribution in [0.1, 0.15) is 12.0 Å². The predicted molar refractivity (Wildman–Crippen MR) is 101 cm³/mol. The van der Waals surface area contributed by atoms with E-state index in [0.717, 1.165) is 23.2 Å². The van der Waals surface area contributed by atoms with Gasteiger partial charge >= 0.3 is 0 Å². The first-order chi connectivity index (χ1) is 12.2. The number of pyridine rings is 1. The minimum Gasteiger partial charge on any atom is -0.325 e. The monoisotopic (exact) mass is 331 g/mol. The number of hydrogen-bond acceptors (Lipinski definition) is 3. The van der Waals surface area contributed by atoms with Crippen molar-refractivity contribution in [2.45, 2.75) is 18.9 Å². The van der Waals surface area contributed by atoms with Crippen molar-refractivity contribution < 1.29 is 4.79 Å². The molecule has 0 aliphatic rings. The highest BCUT2D eigenvalue weighted by Crippen LogP contribution is 2.20. The van der Waals surface area contributed by atoms with Crippen LogP contribution < -0.4 is 11.1 Å². The minimum absolute atomic E-state index is 0.160. The molecule has 3 N–H and O–H groups in total. The van der Waals surface area contributed by atoms with Gasteiger partial charge < -0.3 is 11.1 Å². The average Bonchev–Trinajstić information content (AvgIpc) is 2.68. The van der Waals surface area contributed by atoms with Gasteiger partial charge in [-0.1, -0.05) is 42.5 Å². The standard InChI is InChI=1S/C21H21N3O/c22-20(11-6-16-4-2-1-3-5-16)21(25)24-19-9-7-17(8-10-19)18-12-14-23-15-13-18/h1-5,7-10,12-15,20H,6,11,22H2,(H,24,25)/t20-/m1/s1. The molecule has 4 nitrogen and oxygen atoms in total. The molecule has 1 atom stereocenters. The fourth-order valence-corrected chi connectivity index (χ4v) is 2.62. The van der Waals surface area contributed by atoms with E-state index in [9.17, 15) is 4.79 Å². The van der Waals surface area contributed by atoms with Crippen molar-refractivity contribution in [2.24, 2.45) is 5.73 Å². The van der Waals surface area contributed by atoms with Crippen LogP contribution in [-0.4, -0.2) is 16.9 Å². The number of benzene rings is 2. The van der Waals surface area contributed by atoms with Crippen molar-refractivity contribution in [1.82, 2.24) is 4.98 Å². The van der Waals surface area contributed by atoms with E-state index < -0.39 is 6.04 Å². The number of aromatic nitrogens is 1. The molecule has 2 aromatic carbocycles. The first-order valence-electron chi connectivity index (χ1n) is 8.33. The summed E-state index contributed by atoms with van der Waals surface area (Å²) in [7, 11) is 0. The van der Waals surface area contributed by atoms with Crippen molar-refractivity contribution in [3.63, 3.8) is 0 Å². The molecule has 4 heteroatoms. The lowest BCUT2D eigenvalue weighted by Gasteiger charge is -2.13. The number of nitrogens with one attached hydrogen (secondary N) is 1. The van der Waals surface area contributed by atoms with Crippen LogP contribution in [0.15, 0.2) is 79.1 Å². The van der Waals surface area contributed by atoms with Gasteiger partial charge in [0.2, 0.25) is 5.91 Å². The second-order valence-corrected chi connectivity index (χ2v) is 5.93. The van der Waals surface area contributed by atoms with Gasteiger partial charge in [0.05, 0.1) is 6.04 Å². The number of amides is 1. The van der Waals surface area contributed by atoms with Crippen LogP contribution in [0.5, 0.6) is 0 Å². The van der Waals surface area contributed by atoms with Crippen molar-refractivity contribution in [3.05, 3.63) is 84.7 Å². The number of carbonyl (C=O) groups excluding carboxylic acids is 1. The van der Waals surface area contributed by atoms with E-state index in [-0.39, 0.29) is 5.91 Å². The zero-order valence-electron chi connectivity index (χ0n) is 13.9. The quantitative estimate of drug-likeness (QED) is 0.724. The number of nitrogens with zero attached hydrogens (tertiary/aromatic N) is 1. The second-order valence-electron chi connectivity index (χ2n) is 5.93. The molecular weight excluding hydrogens is 310 g/mol. The molecule has 0 unspecified atom stereocenters. The fraction of sp³-hybridized carbons (Fsp3) is 0.143. The highest BCUT2D eigenvalue weighted by Gasteiger charge is 2.13. The third-order valence-corrected chi connectivity index (χ3v) is 4.09. The molecule has 1 aromatic heterocycles. The number of nitrogens with two attached hydrogens (primary N) is 1. The Balaban J connectivity index is 1.55. The summed E-state index contributed by atoms with van der Waals surface area (Å²) in [4.78, 5) is 16.3. The van der Waals surface area contributed by atoms with E-state index >= 15 is 0 Å². The smallest absolute Gasteiger partial charge is 0.241 e. The van der Waals surface area contributed by atoms with Crippen LogP contribution in [0.2, 0.25) is 0 Å². The Labute approximate surface area is 147 Å². The second kappa shape index (κ2) is 8.22. The highest BCUT2D eigenvalue weighted by atomic mass is 16.2. The van der Waals surface area contributed by atoms with E-state index in [4.69, 9.17) is 5.73 Å². The molecule has 0 aliphatic carbocycles. The van der Waals surface area contributed by atoms with Crippen molar-refractivity contribution in [1.29, 1.82) is 0 Å². The van der Waals surface area contributed by atoms with Gasteiger partial charge in [-0.15, -0.1) is 0 Å². The molecule has 0 bridgehead atoms. The molecule has 1 amide bonds. The zero-order valence-corrected chi connectivity index (χ0v) is 13.9. The molecular formula is C21H21N3O. The largest absolute Gasteiger partial charge is 0.325 e. The SMILES string of the molecule is N[C@H](CCc1ccccc1)C(=O)Nc1ccc(-c2ccncc2)cc1. The van der Waals surface area contributed by atoms with E-state index in [1.807, 2.05) is 66.7 Å². The molecule has 0 saturated heterocycles. The molecule has 3 rings (SSSR count). The maximum absolute atomic E-state index is 12.2. The normalized spacial score (nSPS) is 11.7. The summed E-state index contributed by atoms with van der Waals surface area (Å²) in [6, 6.07) is 21.1. The molecule has 0 saturated carbocycles. The van der Waals surface area contributed by atoms with Crippen LogP contribution in [0.25, 0.3) is 11.1 Å². The van der Waals surface area contributed by atoms with E-state index in [0.29, 0.717) is 6.42 Å². The first-order valence-corrected chi connectivity index (χ1v) is 8.33. The zero-order chi connectivity index (χ0) is 17.5. The molecule has 1 heterocycles. The lowest BCUT2D eigenvalue weighted by Crippen LogP contribution is -2.36. The third kappa shape index (κ3) is 4.75. The van der Waals surface area contributed by atoms with Gasteiger partial charge in [0.25, 0.3) is 0 Å². The summed E-state index contributed by atoms with van der Waals surface area (Å²) in [5, 5.41) is 2.88. The van der Waals surface area contributed by atoms with Crippen LogP contribution >= 0.6 is 0 Å². The molecule has 0 aliphatic heterocycles. The lowest BCUT2D eigenvalue weighted by molar-refractivity contribution is -0.117. The van der Waals surface area contributed by atoms with E-state index in [1.165, 1.54) is 5.56 Å². The summed E-state index contributed by atoms with van der Waals surface area (Å²) in [6.07, 6.45) is 4.93. The van der Waals surface area contributed by atoms with Crippen LogP contribution in [0, 0.1) is 0 Å². The lowest BCUT2D eigenvalue weighted by atomic mass is 10.0. The fourth-order valence-electron chi connectivity index (χ4n) is 2.62. The Kier molecular flexibility index (Phi) is 5.54. The van der Waals surface area contributed by atoms with Gasteiger partial charge in [-0.3, -0.25) is 9.78 Å². The summed E-state index contributed by atoms with van der Waals surface area (Å²) >= 11 is 0. The molecule has 0 fully saturated rings. The number of hydrogen-bond donors (Lipinski definition) is 2. The maximum atomic E-state index is 12.2. The topological polar surface area (TPSA) is 68.0 Å². The summed E-state index contributed by atoms with van der Waals surface area (Å²) in [5.74, 6) is -0.160. The molecule has 0 radical (unpaired) electrons. The Bertz CT molecular complexity index is 802. The van der Waals surface area contributed by atoms with Gasteiger partial charge in [-0.25, -0.2) is 0 Å². The molecule has 3 aromatic rings. The predicted octanol–water partition coefficient (Wildman–Crippen LogP) is 3.65. The molecule has 0 spiro atoms. The van der Waals surface area contributed by atoms with E-state index in [1.54, 1.807) is 12.4 Å². The Morgan fingerprint density at radius 3 is 2.24 bits per heavy atom. The average molecular weight is 331 g/mol. The van der Waals surface area contributed by atoms with Crippen molar-refractivity contribution in [2.75, 3.05) is 5.32 Å². The Morgan fingerprint density at radius 1 is 0.920 bits per heavy atom. The van der Waals surface area contributed by atoms with Gasteiger partial charge in [0, 0.05) is 18.1 Å². The van der Waals surface area contributed by atoms with Gasteiger partial charge in [-0.05, 0) is 53.8 Å². The number of anilines is 1. The molecule has 126 valence electrons. The van der Waals surface area contributed by atoms with Crippen LogP contribution in [-0.2, 0) is 11.2 Å². The van der Waals surface area contributed by atoms with Crippen LogP contribution in [0.4, 0.5) is 5.69 Å². The van der Waals surface area contributed by atoms with Crippen molar-refractivity contribution >= 4 is 11.6 Å². The number of aryl methyl sites for hydroxylation is 1. The van der Waals surface area contributed by atoms with Crippen molar-refractivity contribution in [3.8, 4) is 11.1 Å². The number of carbonyl (C=O) groups is 1. The summed E-state index contributed by atoms with van der Waals surface area (Å²) in [6.45, 7) is 0. The maximum Gasteiger partial charge on any atom is 0.241 e. The van der Waals surface area contributed by atoms with Gasteiger partial charge in [-0.2, -0.15) is 0 Å². The van der Waals surface area contributed by atoms with Gasteiger partial charge in [0.15, 0.2) is 0 Å². The van der Waals surface area contributed by atoms with Crippen LogP contribution in [0.3, 0.4) is 0 Å². The third-order valence-electron chi connectivity index (χ3n) is 4.09. The number of rotatable bonds is 6.